The van der Waals surface area contributed by atoms with Crippen molar-refractivity contribution < 1.29 is 21.9 Å². The molecule has 1 atom stereocenters. The monoisotopic (exact) mass is 417 g/mol. The second-order valence-electron chi connectivity index (χ2n) is 6.09. The fourth-order valence-electron chi connectivity index (χ4n) is 2.47. The molecule has 0 radical (unpaired) electrons. The van der Waals surface area contributed by atoms with Gasteiger partial charge in [0.05, 0.1) is 5.75 Å². The lowest BCUT2D eigenvalue weighted by atomic mass is 10.1. The van der Waals surface area contributed by atoms with Gasteiger partial charge in [-0.25, -0.2) is 26.7 Å². The Morgan fingerprint density at radius 3 is 2.68 bits per heavy atom. The van der Waals surface area contributed by atoms with Gasteiger partial charge >= 0.3 is 5.69 Å². The first-order valence-corrected chi connectivity index (χ1v) is 10.1. The number of rotatable bonds is 10. The smallest absolute Gasteiger partial charge is 0.328 e. The van der Waals surface area contributed by atoms with Crippen LogP contribution in [-0.4, -0.2) is 36.8 Å². The number of hydrogen-bond acceptors (Lipinski definition) is 5. The third-order valence-corrected chi connectivity index (χ3v) is 5.34. The second-order valence-corrected chi connectivity index (χ2v) is 7.96. The molecule has 0 aliphatic rings. The van der Waals surface area contributed by atoms with E-state index < -0.39 is 40.3 Å². The van der Waals surface area contributed by atoms with Gasteiger partial charge in [0.1, 0.15) is 12.4 Å². The minimum atomic E-state index is -3.66. The van der Waals surface area contributed by atoms with Crippen LogP contribution in [0.25, 0.3) is 0 Å². The first-order valence-electron chi connectivity index (χ1n) is 8.47. The van der Waals surface area contributed by atoms with Gasteiger partial charge in [-0.05, 0) is 31.0 Å². The highest BCUT2D eigenvalue weighted by Crippen LogP contribution is 2.20. The van der Waals surface area contributed by atoms with E-state index in [0.29, 0.717) is 5.56 Å². The van der Waals surface area contributed by atoms with E-state index in [1.165, 1.54) is 29.0 Å². The maximum absolute atomic E-state index is 12.3. The molecule has 0 bridgehead atoms. The van der Waals surface area contributed by atoms with Gasteiger partial charge in [-0.15, -0.1) is 0 Å². The Kier molecular flexibility index (Phi) is 7.46. The molecular formula is C17H21F2N3O5S. The molecule has 1 aromatic carbocycles. The van der Waals surface area contributed by atoms with E-state index >= 15 is 0 Å². The minimum Gasteiger partial charge on any atom is -0.488 e. The SMILES string of the molecule is CC(NS(=O)(=O)CCCn1ccc(=O)[nH]c1=O)c1cccc(OCC(F)F)c1. The molecule has 1 heterocycles. The van der Waals surface area contributed by atoms with Crippen LogP contribution in [0.1, 0.15) is 24.9 Å². The van der Waals surface area contributed by atoms with Crippen LogP contribution < -0.4 is 20.7 Å². The predicted octanol–water partition coefficient (Wildman–Crippen LogP) is 1.25. The van der Waals surface area contributed by atoms with Crippen molar-refractivity contribution in [3.63, 3.8) is 0 Å². The van der Waals surface area contributed by atoms with Gasteiger partial charge < -0.3 is 9.30 Å². The molecule has 0 spiro atoms. The Balaban J connectivity index is 1.93. The number of benzene rings is 1. The van der Waals surface area contributed by atoms with Crippen molar-refractivity contribution in [3.8, 4) is 5.75 Å². The summed E-state index contributed by atoms with van der Waals surface area (Å²) >= 11 is 0. The molecular weight excluding hydrogens is 396 g/mol. The van der Waals surface area contributed by atoms with E-state index in [2.05, 4.69) is 9.71 Å². The quantitative estimate of drug-likeness (QED) is 0.605. The predicted molar refractivity (Wildman–Crippen MR) is 99.2 cm³/mol. The highest BCUT2D eigenvalue weighted by atomic mass is 32.2. The lowest BCUT2D eigenvalue weighted by Gasteiger charge is -2.16. The zero-order valence-electron chi connectivity index (χ0n) is 15.1. The molecule has 1 aromatic heterocycles. The van der Waals surface area contributed by atoms with E-state index in [9.17, 15) is 26.8 Å². The maximum Gasteiger partial charge on any atom is 0.328 e. The van der Waals surface area contributed by atoms with Gasteiger partial charge in [-0.1, -0.05) is 12.1 Å². The Labute approximate surface area is 160 Å². The van der Waals surface area contributed by atoms with Crippen molar-refractivity contribution in [3.05, 3.63) is 62.9 Å². The van der Waals surface area contributed by atoms with Gasteiger partial charge in [0.2, 0.25) is 10.0 Å². The Hall–Kier alpha value is -2.53. The summed E-state index contributed by atoms with van der Waals surface area (Å²) in [5.74, 6) is -0.00825. The summed E-state index contributed by atoms with van der Waals surface area (Å²) in [6.45, 7) is 1.01. The molecule has 0 fully saturated rings. The molecule has 2 aromatic rings. The fraction of sp³-hybridized carbons (Fsp3) is 0.412. The second kappa shape index (κ2) is 9.60. The van der Waals surface area contributed by atoms with Crippen LogP contribution in [0.15, 0.2) is 46.1 Å². The molecule has 11 heteroatoms. The van der Waals surface area contributed by atoms with E-state index in [1.54, 1.807) is 19.1 Å². The van der Waals surface area contributed by atoms with Gasteiger partial charge in [-0.2, -0.15) is 0 Å². The number of nitrogens with zero attached hydrogens (tertiary/aromatic N) is 1. The number of nitrogens with one attached hydrogen (secondary N) is 2. The maximum atomic E-state index is 12.3. The fourth-order valence-corrected chi connectivity index (χ4v) is 3.78. The van der Waals surface area contributed by atoms with Crippen LogP contribution in [0, 0.1) is 0 Å². The van der Waals surface area contributed by atoms with Crippen LogP contribution in [0.3, 0.4) is 0 Å². The third-order valence-electron chi connectivity index (χ3n) is 3.80. The van der Waals surface area contributed by atoms with Gasteiger partial charge in [0, 0.05) is 24.8 Å². The Bertz CT molecular complexity index is 1000. The van der Waals surface area contributed by atoms with Crippen molar-refractivity contribution in [1.82, 2.24) is 14.3 Å². The summed E-state index contributed by atoms with van der Waals surface area (Å²) in [6, 6.07) is 6.83. The molecule has 2 rings (SSSR count). The van der Waals surface area contributed by atoms with Crippen LogP contribution >= 0.6 is 0 Å². The number of alkyl halides is 2. The topological polar surface area (TPSA) is 110 Å². The number of hydrogen-bond donors (Lipinski definition) is 2. The Morgan fingerprint density at radius 2 is 2.00 bits per heavy atom. The van der Waals surface area contributed by atoms with Crippen LogP contribution in [0.2, 0.25) is 0 Å². The van der Waals surface area contributed by atoms with Crippen LogP contribution in [-0.2, 0) is 16.6 Å². The lowest BCUT2D eigenvalue weighted by molar-refractivity contribution is 0.0818. The van der Waals surface area contributed by atoms with E-state index in [4.69, 9.17) is 4.74 Å². The van der Waals surface area contributed by atoms with Gasteiger partial charge in [-0.3, -0.25) is 9.78 Å². The van der Waals surface area contributed by atoms with Crippen molar-refractivity contribution in [1.29, 1.82) is 0 Å². The number of H-pyrrole nitrogens is 1. The molecule has 0 amide bonds. The number of aromatic amines is 1. The third kappa shape index (κ3) is 6.89. The van der Waals surface area contributed by atoms with Gasteiger partial charge in [0.25, 0.3) is 12.0 Å². The van der Waals surface area contributed by atoms with Crippen LogP contribution in [0.4, 0.5) is 8.78 Å². The standard InChI is InChI=1S/C17H21F2N3O5S/c1-12(13-4-2-5-14(10-13)27-11-15(18)19)21-28(25,26)9-3-7-22-8-6-16(23)20-17(22)24/h2,4-6,8,10,12,15,21H,3,7,9,11H2,1H3,(H,20,23,24). The molecule has 0 aliphatic heterocycles. The average Bonchev–Trinajstić information content (AvgIpc) is 2.61. The summed E-state index contributed by atoms with van der Waals surface area (Å²) in [4.78, 5) is 24.7. The summed E-state index contributed by atoms with van der Waals surface area (Å²) in [7, 11) is -3.66. The molecule has 1 unspecified atom stereocenters. The molecule has 28 heavy (non-hydrogen) atoms. The number of ether oxygens (including phenoxy) is 1. The summed E-state index contributed by atoms with van der Waals surface area (Å²) in [5, 5.41) is 0. The van der Waals surface area contributed by atoms with Crippen molar-refractivity contribution in [2.75, 3.05) is 12.4 Å². The number of sulfonamides is 1. The first-order chi connectivity index (χ1) is 13.2. The largest absolute Gasteiger partial charge is 0.488 e. The van der Waals surface area contributed by atoms with E-state index in [1.807, 2.05) is 0 Å². The van der Waals surface area contributed by atoms with E-state index in [0.717, 1.165) is 0 Å². The zero-order valence-corrected chi connectivity index (χ0v) is 15.9. The first kappa shape index (κ1) is 21.8. The Morgan fingerprint density at radius 1 is 1.25 bits per heavy atom. The summed E-state index contributed by atoms with van der Waals surface area (Å²) in [5.41, 5.74) is -0.567. The highest BCUT2D eigenvalue weighted by Gasteiger charge is 2.16. The van der Waals surface area contributed by atoms with Crippen molar-refractivity contribution in [2.24, 2.45) is 0 Å². The average molecular weight is 417 g/mol. The number of halogens is 2. The molecule has 0 saturated carbocycles. The molecule has 0 aliphatic carbocycles. The normalized spacial score (nSPS) is 12.9. The summed E-state index contributed by atoms with van der Waals surface area (Å²) < 4.78 is 57.6. The lowest BCUT2D eigenvalue weighted by Crippen LogP contribution is -2.31. The van der Waals surface area contributed by atoms with Crippen LogP contribution in [0.5, 0.6) is 5.75 Å². The van der Waals surface area contributed by atoms with E-state index in [-0.39, 0.29) is 24.5 Å². The molecule has 0 saturated heterocycles. The summed E-state index contributed by atoms with van der Waals surface area (Å²) in [6.07, 6.45) is -1.14. The van der Waals surface area contributed by atoms with Crippen molar-refractivity contribution >= 4 is 10.0 Å². The molecule has 8 nitrogen and oxygen atoms in total. The van der Waals surface area contributed by atoms with Gasteiger partial charge in [0.15, 0.2) is 0 Å². The molecule has 154 valence electrons. The zero-order chi connectivity index (χ0) is 20.7. The minimum absolute atomic E-state index is 0.127. The molecule has 2 N–H and O–H groups in total. The highest BCUT2D eigenvalue weighted by molar-refractivity contribution is 7.89. The number of aromatic nitrogens is 2. The number of aryl methyl sites for hydroxylation is 1. The van der Waals surface area contributed by atoms with Crippen molar-refractivity contribution in [2.45, 2.75) is 32.4 Å².